The molecule has 1 nitrogen and oxygen atoms in total. The van der Waals surface area contributed by atoms with E-state index in [9.17, 15) is 0 Å². The highest BCUT2D eigenvalue weighted by atomic mass is 15.1. The van der Waals surface area contributed by atoms with Gasteiger partial charge in [-0.3, -0.25) is 0 Å². The van der Waals surface area contributed by atoms with Gasteiger partial charge < -0.3 is 4.90 Å². The maximum atomic E-state index is 3.85. The van der Waals surface area contributed by atoms with Crippen LogP contribution >= 0.6 is 0 Å². The van der Waals surface area contributed by atoms with Crippen LogP contribution in [0.1, 0.15) is 27.7 Å². The molecule has 0 bridgehead atoms. The smallest absolute Gasteiger partial charge is 0.0108 e. The fraction of sp³-hybridized carbons (Fsp3) is 0.600. The second kappa shape index (κ2) is 4.22. The average molecular weight is 153 g/mol. The van der Waals surface area contributed by atoms with E-state index in [4.69, 9.17) is 0 Å². The fourth-order valence-electron chi connectivity index (χ4n) is 0.565. The molecule has 0 fully saturated rings. The van der Waals surface area contributed by atoms with Gasteiger partial charge in [-0.2, -0.15) is 0 Å². The van der Waals surface area contributed by atoms with Crippen molar-refractivity contribution < 1.29 is 0 Å². The number of nitrogens with zero attached hydrogens (tertiary/aromatic N) is 1. The van der Waals surface area contributed by atoms with Crippen LogP contribution in [0.15, 0.2) is 24.0 Å². The summed E-state index contributed by atoms with van der Waals surface area (Å²) in [5.41, 5.74) is 2.46. The fourth-order valence-corrected chi connectivity index (χ4v) is 0.565. The van der Waals surface area contributed by atoms with E-state index in [1.165, 1.54) is 5.57 Å². The van der Waals surface area contributed by atoms with Gasteiger partial charge in [-0.1, -0.05) is 26.0 Å². The molecule has 0 aliphatic heterocycles. The molecule has 11 heavy (non-hydrogen) atoms. The summed E-state index contributed by atoms with van der Waals surface area (Å²) in [7, 11) is 2.02. The summed E-state index contributed by atoms with van der Waals surface area (Å²) in [6, 6.07) is 0. The summed E-state index contributed by atoms with van der Waals surface area (Å²) in [6.45, 7) is 12.4. The van der Waals surface area contributed by atoms with E-state index in [0.717, 1.165) is 5.70 Å². The van der Waals surface area contributed by atoms with Crippen molar-refractivity contribution in [3.63, 3.8) is 0 Å². The molecule has 0 N–H and O–H groups in total. The van der Waals surface area contributed by atoms with Gasteiger partial charge in [0.05, 0.1) is 0 Å². The van der Waals surface area contributed by atoms with Crippen LogP contribution < -0.4 is 0 Å². The van der Waals surface area contributed by atoms with Gasteiger partial charge in [0.1, 0.15) is 0 Å². The maximum absolute atomic E-state index is 3.85. The molecular weight excluding hydrogens is 134 g/mol. The van der Waals surface area contributed by atoms with Crippen molar-refractivity contribution in [1.29, 1.82) is 0 Å². The maximum Gasteiger partial charge on any atom is 0.0108 e. The zero-order valence-electron chi connectivity index (χ0n) is 8.31. The van der Waals surface area contributed by atoms with Crippen molar-refractivity contribution in [2.45, 2.75) is 27.7 Å². The van der Waals surface area contributed by atoms with Gasteiger partial charge >= 0.3 is 0 Å². The average Bonchev–Trinajstić information content (AvgIpc) is 1.87. The highest BCUT2D eigenvalue weighted by Gasteiger charge is 1.97. The summed E-state index contributed by atoms with van der Waals surface area (Å²) in [5, 5.41) is 0. The van der Waals surface area contributed by atoms with Crippen molar-refractivity contribution >= 4 is 0 Å². The molecule has 0 aliphatic carbocycles. The Balaban J connectivity index is 4.19. The molecule has 0 spiro atoms. The largest absolute Gasteiger partial charge is 0.355 e. The molecule has 0 unspecified atom stereocenters. The van der Waals surface area contributed by atoms with Crippen LogP contribution in [0.2, 0.25) is 0 Å². The lowest BCUT2D eigenvalue weighted by Crippen LogP contribution is -2.08. The SMILES string of the molecule is C=C(C)N(C)/C=C(/C)C(C)C. The lowest BCUT2D eigenvalue weighted by molar-refractivity contribution is 0.556. The van der Waals surface area contributed by atoms with E-state index < -0.39 is 0 Å². The minimum absolute atomic E-state index is 0.622. The third kappa shape index (κ3) is 3.87. The zero-order valence-corrected chi connectivity index (χ0v) is 8.31. The van der Waals surface area contributed by atoms with Crippen molar-refractivity contribution in [3.8, 4) is 0 Å². The van der Waals surface area contributed by atoms with Crippen molar-refractivity contribution in [2.75, 3.05) is 7.05 Å². The lowest BCUT2D eigenvalue weighted by atomic mass is 10.1. The molecule has 0 aliphatic rings. The van der Waals surface area contributed by atoms with Crippen LogP contribution in [0.5, 0.6) is 0 Å². The molecule has 0 atom stereocenters. The molecule has 0 aromatic heterocycles. The molecule has 0 rings (SSSR count). The van der Waals surface area contributed by atoms with Gasteiger partial charge in [-0.25, -0.2) is 0 Å². The Bertz CT molecular complexity index is 166. The second-order valence-corrected chi connectivity index (χ2v) is 3.37. The van der Waals surface area contributed by atoms with Gasteiger partial charge in [0.2, 0.25) is 0 Å². The van der Waals surface area contributed by atoms with Crippen LogP contribution in [0, 0.1) is 5.92 Å². The van der Waals surface area contributed by atoms with Crippen molar-refractivity contribution in [2.24, 2.45) is 5.92 Å². The van der Waals surface area contributed by atoms with Crippen LogP contribution in [0.3, 0.4) is 0 Å². The summed E-state index contributed by atoms with van der Waals surface area (Å²) in [6.07, 6.45) is 2.13. The third-order valence-corrected chi connectivity index (χ3v) is 1.91. The highest BCUT2D eigenvalue weighted by Crippen LogP contribution is 2.10. The molecule has 0 aromatic rings. The van der Waals surface area contributed by atoms with Crippen LogP contribution in [0.4, 0.5) is 0 Å². The van der Waals surface area contributed by atoms with E-state index in [1.807, 2.05) is 14.0 Å². The Morgan fingerprint density at radius 1 is 1.36 bits per heavy atom. The number of hydrogen-bond acceptors (Lipinski definition) is 1. The van der Waals surface area contributed by atoms with Gasteiger partial charge in [0, 0.05) is 18.9 Å². The molecule has 64 valence electrons. The van der Waals surface area contributed by atoms with Crippen molar-refractivity contribution in [1.82, 2.24) is 4.90 Å². The predicted octanol–water partition coefficient (Wildman–Crippen LogP) is 3.01. The van der Waals surface area contributed by atoms with Crippen LogP contribution in [-0.2, 0) is 0 Å². The normalized spacial score (nSPS) is 12.0. The van der Waals surface area contributed by atoms with E-state index in [1.54, 1.807) is 0 Å². The van der Waals surface area contributed by atoms with Crippen LogP contribution in [0.25, 0.3) is 0 Å². The highest BCUT2D eigenvalue weighted by molar-refractivity contribution is 5.04. The Hall–Kier alpha value is -0.720. The van der Waals surface area contributed by atoms with E-state index >= 15 is 0 Å². The Morgan fingerprint density at radius 2 is 1.82 bits per heavy atom. The summed E-state index contributed by atoms with van der Waals surface area (Å²) >= 11 is 0. The molecule has 0 radical (unpaired) electrons. The minimum Gasteiger partial charge on any atom is -0.355 e. The van der Waals surface area contributed by atoms with E-state index in [-0.39, 0.29) is 0 Å². The summed E-state index contributed by atoms with van der Waals surface area (Å²) < 4.78 is 0. The van der Waals surface area contributed by atoms with Crippen LogP contribution in [-0.4, -0.2) is 11.9 Å². The quantitative estimate of drug-likeness (QED) is 0.602. The van der Waals surface area contributed by atoms with Gasteiger partial charge in [0.15, 0.2) is 0 Å². The van der Waals surface area contributed by atoms with Crippen molar-refractivity contribution in [3.05, 3.63) is 24.0 Å². The van der Waals surface area contributed by atoms with Gasteiger partial charge in [-0.15, -0.1) is 0 Å². The topological polar surface area (TPSA) is 3.24 Å². The number of allylic oxidation sites excluding steroid dienone is 2. The van der Waals surface area contributed by atoms with Gasteiger partial charge in [0.25, 0.3) is 0 Å². The number of rotatable bonds is 3. The molecule has 0 amide bonds. The van der Waals surface area contributed by atoms with E-state index in [2.05, 4.69) is 38.5 Å². The lowest BCUT2D eigenvalue weighted by Gasteiger charge is -2.16. The Kier molecular flexibility index (Phi) is 3.94. The summed E-state index contributed by atoms with van der Waals surface area (Å²) in [4.78, 5) is 2.05. The van der Waals surface area contributed by atoms with E-state index in [0.29, 0.717) is 5.92 Å². The first kappa shape index (κ1) is 10.3. The Labute approximate surface area is 70.4 Å². The first-order valence-corrected chi connectivity index (χ1v) is 4.01. The predicted molar refractivity (Wildman–Crippen MR) is 51.2 cm³/mol. The number of hydrogen-bond donors (Lipinski definition) is 0. The Morgan fingerprint density at radius 3 is 2.09 bits per heavy atom. The first-order valence-electron chi connectivity index (χ1n) is 4.01. The van der Waals surface area contributed by atoms with Gasteiger partial charge in [-0.05, 0) is 19.8 Å². The third-order valence-electron chi connectivity index (χ3n) is 1.91. The second-order valence-electron chi connectivity index (χ2n) is 3.37. The molecular formula is C10H19N. The first-order chi connectivity index (χ1) is 4.95. The monoisotopic (exact) mass is 153 g/mol. The molecule has 0 saturated carbocycles. The minimum atomic E-state index is 0.622. The molecule has 1 heteroatoms. The molecule has 0 saturated heterocycles. The standard InChI is InChI=1S/C10H19N/c1-8(2)10(5)7-11(6)9(3)4/h7-8H,3H2,1-2,4-6H3/b10-7-. The molecule has 0 aromatic carbocycles. The molecule has 0 heterocycles. The zero-order chi connectivity index (χ0) is 9.02. The summed E-state index contributed by atoms with van der Waals surface area (Å²) in [5.74, 6) is 0.622.